The van der Waals surface area contributed by atoms with E-state index in [0.29, 0.717) is 6.04 Å². The highest BCUT2D eigenvalue weighted by atomic mass is 16.3. The van der Waals surface area contributed by atoms with Crippen LogP contribution in [0.3, 0.4) is 0 Å². The van der Waals surface area contributed by atoms with Crippen LogP contribution in [0.4, 0.5) is 0 Å². The Morgan fingerprint density at radius 1 is 1.50 bits per heavy atom. The van der Waals surface area contributed by atoms with E-state index in [4.69, 9.17) is 0 Å². The minimum Gasteiger partial charge on any atom is -0.389 e. The number of aliphatic hydroxyl groups is 1. The van der Waals surface area contributed by atoms with Crippen LogP contribution in [0.25, 0.3) is 0 Å². The number of nitrogens with one attached hydrogen (secondary N) is 1. The van der Waals surface area contributed by atoms with Crippen LogP contribution in [0, 0.1) is 0 Å². The molecule has 2 N–H and O–H groups in total. The van der Waals surface area contributed by atoms with Crippen molar-refractivity contribution in [3.63, 3.8) is 0 Å². The first kappa shape index (κ1) is 12.0. The zero-order valence-electron chi connectivity index (χ0n) is 9.71. The lowest BCUT2D eigenvalue weighted by molar-refractivity contribution is 0.0469. The Morgan fingerprint density at radius 3 is 2.71 bits per heavy atom. The molecule has 3 nitrogen and oxygen atoms in total. The molecule has 0 aromatic rings. The quantitative estimate of drug-likeness (QED) is 0.690. The summed E-state index contributed by atoms with van der Waals surface area (Å²) in [6, 6.07) is 0.603. The number of hydrogen-bond donors (Lipinski definition) is 2. The van der Waals surface area contributed by atoms with Gasteiger partial charge in [0.15, 0.2) is 0 Å². The van der Waals surface area contributed by atoms with Gasteiger partial charge in [0.05, 0.1) is 5.60 Å². The summed E-state index contributed by atoms with van der Waals surface area (Å²) in [6.45, 7) is 7.23. The van der Waals surface area contributed by atoms with Crippen LogP contribution in [0.15, 0.2) is 0 Å². The molecule has 1 rings (SSSR count). The van der Waals surface area contributed by atoms with E-state index in [0.717, 1.165) is 38.9 Å². The Hall–Kier alpha value is -0.120. The molecule has 3 heteroatoms. The molecule has 84 valence electrons. The molecule has 1 fully saturated rings. The van der Waals surface area contributed by atoms with E-state index in [1.165, 1.54) is 0 Å². The van der Waals surface area contributed by atoms with Crippen LogP contribution in [-0.2, 0) is 0 Å². The van der Waals surface area contributed by atoms with E-state index in [9.17, 15) is 5.11 Å². The Kier molecular flexibility index (Phi) is 4.35. The molecule has 0 aliphatic carbocycles. The summed E-state index contributed by atoms with van der Waals surface area (Å²) in [7, 11) is 2.14. The molecule has 1 saturated heterocycles. The molecule has 1 aliphatic rings. The van der Waals surface area contributed by atoms with E-state index >= 15 is 0 Å². The molecule has 0 radical (unpaired) electrons. The lowest BCUT2D eigenvalue weighted by atomic mass is 9.97. The summed E-state index contributed by atoms with van der Waals surface area (Å²) in [4.78, 5) is 2.33. The van der Waals surface area contributed by atoms with Crippen molar-refractivity contribution in [1.29, 1.82) is 0 Å². The van der Waals surface area contributed by atoms with E-state index in [1.807, 2.05) is 0 Å². The van der Waals surface area contributed by atoms with Gasteiger partial charge < -0.3 is 15.3 Å². The van der Waals surface area contributed by atoms with Crippen LogP contribution in [0.5, 0.6) is 0 Å². The fourth-order valence-corrected chi connectivity index (χ4v) is 1.86. The molecule has 0 saturated carbocycles. The van der Waals surface area contributed by atoms with Crippen molar-refractivity contribution in [1.82, 2.24) is 10.2 Å². The number of rotatable bonds is 5. The molecule has 0 aromatic heterocycles. The number of β-amino-alcohol motifs (C(OH)–C–C–N with tert-alkyl or cyclic N) is 1. The standard InChI is InChI=1S/C11H24N2O/c1-10(2)13(3)8-4-5-11(14)6-7-12-9-11/h10,12,14H,4-9H2,1-3H3. The topological polar surface area (TPSA) is 35.5 Å². The smallest absolute Gasteiger partial charge is 0.0784 e. The maximum Gasteiger partial charge on any atom is 0.0784 e. The van der Waals surface area contributed by atoms with Crippen molar-refractivity contribution in [2.24, 2.45) is 0 Å². The SMILES string of the molecule is CC(C)N(C)CCCC1(O)CCNC1. The predicted molar refractivity (Wildman–Crippen MR) is 59.4 cm³/mol. The number of nitrogens with zero attached hydrogens (tertiary/aromatic N) is 1. The van der Waals surface area contributed by atoms with Crippen molar-refractivity contribution < 1.29 is 5.11 Å². The van der Waals surface area contributed by atoms with E-state index < -0.39 is 5.60 Å². The average Bonchev–Trinajstić information content (AvgIpc) is 2.52. The monoisotopic (exact) mass is 200 g/mol. The van der Waals surface area contributed by atoms with Crippen LogP contribution in [0.1, 0.15) is 33.1 Å². The Morgan fingerprint density at radius 2 is 2.21 bits per heavy atom. The summed E-state index contributed by atoms with van der Waals surface area (Å²) in [5.41, 5.74) is -0.419. The third kappa shape index (κ3) is 3.56. The molecular formula is C11H24N2O. The molecule has 1 heterocycles. The largest absolute Gasteiger partial charge is 0.389 e. The van der Waals surface area contributed by atoms with Crippen LogP contribution in [0.2, 0.25) is 0 Å². The maximum atomic E-state index is 10.1. The first-order valence-corrected chi connectivity index (χ1v) is 5.67. The highest BCUT2D eigenvalue weighted by Gasteiger charge is 2.30. The Balaban J connectivity index is 2.14. The Bertz CT molecular complexity index is 165. The molecule has 1 atom stereocenters. The van der Waals surface area contributed by atoms with Gasteiger partial charge >= 0.3 is 0 Å². The van der Waals surface area contributed by atoms with E-state index in [2.05, 4.69) is 31.1 Å². The van der Waals surface area contributed by atoms with Gasteiger partial charge in [0.25, 0.3) is 0 Å². The molecule has 0 bridgehead atoms. The minimum atomic E-state index is -0.419. The highest BCUT2D eigenvalue weighted by molar-refractivity contribution is 4.87. The first-order chi connectivity index (χ1) is 6.53. The molecule has 1 aliphatic heterocycles. The summed E-state index contributed by atoms with van der Waals surface area (Å²) in [5.74, 6) is 0. The van der Waals surface area contributed by atoms with Crippen LogP contribution >= 0.6 is 0 Å². The van der Waals surface area contributed by atoms with Gasteiger partial charge in [-0.2, -0.15) is 0 Å². The molecule has 0 spiro atoms. The van der Waals surface area contributed by atoms with Gasteiger partial charge in [-0.1, -0.05) is 0 Å². The molecule has 1 unspecified atom stereocenters. The third-order valence-electron chi connectivity index (χ3n) is 3.26. The van der Waals surface area contributed by atoms with Gasteiger partial charge in [0.1, 0.15) is 0 Å². The minimum absolute atomic E-state index is 0.419. The van der Waals surface area contributed by atoms with Gasteiger partial charge in [-0.25, -0.2) is 0 Å². The third-order valence-corrected chi connectivity index (χ3v) is 3.26. The first-order valence-electron chi connectivity index (χ1n) is 5.67. The van der Waals surface area contributed by atoms with E-state index in [-0.39, 0.29) is 0 Å². The lowest BCUT2D eigenvalue weighted by Gasteiger charge is -2.25. The predicted octanol–water partition coefficient (Wildman–Crippen LogP) is 0.831. The van der Waals surface area contributed by atoms with Crippen LogP contribution < -0.4 is 5.32 Å². The second kappa shape index (κ2) is 5.10. The summed E-state index contributed by atoms with van der Waals surface area (Å²) >= 11 is 0. The summed E-state index contributed by atoms with van der Waals surface area (Å²) in [5, 5.41) is 13.3. The molecular weight excluding hydrogens is 176 g/mol. The highest BCUT2D eigenvalue weighted by Crippen LogP contribution is 2.20. The summed E-state index contributed by atoms with van der Waals surface area (Å²) in [6.07, 6.45) is 2.93. The van der Waals surface area contributed by atoms with Gasteiger partial charge in [0, 0.05) is 12.6 Å². The van der Waals surface area contributed by atoms with Crippen molar-refractivity contribution in [2.75, 3.05) is 26.7 Å². The zero-order valence-corrected chi connectivity index (χ0v) is 9.71. The van der Waals surface area contributed by atoms with Gasteiger partial charge in [-0.15, -0.1) is 0 Å². The van der Waals surface area contributed by atoms with Gasteiger partial charge in [0.2, 0.25) is 0 Å². The lowest BCUT2D eigenvalue weighted by Crippen LogP contribution is -2.33. The number of hydrogen-bond acceptors (Lipinski definition) is 3. The van der Waals surface area contributed by atoms with Crippen molar-refractivity contribution in [3.05, 3.63) is 0 Å². The van der Waals surface area contributed by atoms with Crippen molar-refractivity contribution >= 4 is 0 Å². The Labute approximate surface area is 87.5 Å². The van der Waals surface area contributed by atoms with E-state index in [1.54, 1.807) is 0 Å². The van der Waals surface area contributed by atoms with Gasteiger partial charge in [-0.3, -0.25) is 0 Å². The molecule has 0 amide bonds. The second-order valence-corrected chi connectivity index (χ2v) is 4.83. The summed E-state index contributed by atoms with van der Waals surface area (Å²) < 4.78 is 0. The normalized spacial score (nSPS) is 27.9. The fourth-order valence-electron chi connectivity index (χ4n) is 1.86. The maximum absolute atomic E-state index is 10.1. The average molecular weight is 200 g/mol. The molecule has 0 aromatic carbocycles. The van der Waals surface area contributed by atoms with Crippen molar-refractivity contribution in [3.8, 4) is 0 Å². The van der Waals surface area contributed by atoms with Gasteiger partial charge in [-0.05, 0) is 53.2 Å². The fraction of sp³-hybridized carbons (Fsp3) is 1.00. The van der Waals surface area contributed by atoms with Crippen molar-refractivity contribution in [2.45, 2.75) is 44.8 Å². The molecule has 14 heavy (non-hydrogen) atoms. The zero-order chi connectivity index (χ0) is 10.6. The van der Waals surface area contributed by atoms with Crippen LogP contribution in [-0.4, -0.2) is 48.3 Å². The second-order valence-electron chi connectivity index (χ2n) is 4.83.